The molecule has 0 radical (unpaired) electrons. The highest BCUT2D eigenvalue weighted by Gasteiger charge is 2.46. The number of aromatic nitrogens is 1. The second-order valence-electron chi connectivity index (χ2n) is 8.92. The van der Waals surface area contributed by atoms with Crippen LogP contribution in [0.5, 0.6) is 5.75 Å². The number of ketones is 1. The third-order valence-electron chi connectivity index (χ3n) is 6.80. The molecule has 1 amide bonds. The van der Waals surface area contributed by atoms with Gasteiger partial charge in [-0.25, -0.2) is 0 Å². The topological polar surface area (TPSA) is 85.9 Å². The summed E-state index contributed by atoms with van der Waals surface area (Å²) in [5, 5.41) is 11.4. The summed E-state index contributed by atoms with van der Waals surface area (Å²) in [6.45, 7) is 11.3. The lowest BCUT2D eigenvalue weighted by molar-refractivity contribution is -0.140. The van der Waals surface area contributed by atoms with Gasteiger partial charge in [0, 0.05) is 30.0 Å². The number of amides is 1. The normalized spacial score (nSPS) is 20.7. The van der Waals surface area contributed by atoms with Crippen LogP contribution in [0.2, 0.25) is 0 Å². The number of H-pyrrole nitrogens is 1. The van der Waals surface area contributed by atoms with Crippen LogP contribution in [0.15, 0.2) is 29.8 Å². The van der Waals surface area contributed by atoms with E-state index in [0.717, 1.165) is 48.4 Å². The van der Waals surface area contributed by atoms with Gasteiger partial charge in [-0.2, -0.15) is 0 Å². The number of benzene rings is 1. The van der Waals surface area contributed by atoms with Gasteiger partial charge in [0.05, 0.1) is 18.2 Å². The number of likely N-dealkylation sites (tertiary alicyclic amines) is 2. The van der Waals surface area contributed by atoms with Gasteiger partial charge in [-0.3, -0.25) is 9.59 Å². The Morgan fingerprint density at radius 2 is 1.85 bits per heavy atom. The Hall–Kier alpha value is -3.06. The molecule has 3 heterocycles. The maximum atomic E-state index is 13.3. The fourth-order valence-electron chi connectivity index (χ4n) is 5.05. The van der Waals surface area contributed by atoms with Crippen LogP contribution >= 0.6 is 0 Å². The number of ether oxygens (including phenoxy) is 1. The van der Waals surface area contributed by atoms with Gasteiger partial charge in [-0.1, -0.05) is 12.1 Å². The van der Waals surface area contributed by atoms with Gasteiger partial charge in [-0.05, 0) is 76.9 Å². The number of aromatic amines is 1. The zero-order chi connectivity index (χ0) is 23.7. The van der Waals surface area contributed by atoms with Crippen molar-refractivity contribution in [2.24, 2.45) is 0 Å². The van der Waals surface area contributed by atoms with Crippen molar-refractivity contribution in [3.8, 4) is 5.75 Å². The first kappa shape index (κ1) is 23.1. The van der Waals surface area contributed by atoms with Crippen molar-refractivity contribution in [3.05, 3.63) is 57.9 Å². The van der Waals surface area contributed by atoms with Crippen LogP contribution in [-0.4, -0.2) is 64.4 Å². The number of hydrogen-bond donors (Lipinski definition) is 2. The zero-order valence-electron chi connectivity index (χ0n) is 19.9. The van der Waals surface area contributed by atoms with Gasteiger partial charge in [0.15, 0.2) is 0 Å². The van der Waals surface area contributed by atoms with Crippen LogP contribution in [-0.2, 0) is 9.59 Å². The number of carbonyl (C=O) groups is 2. The third-order valence-corrected chi connectivity index (χ3v) is 6.80. The molecule has 1 unspecified atom stereocenters. The van der Waals surface area contributed by atoms with E-state index in [1.165, 1.54) is 0 Å². The van der Waals surface area contributed by atoms with Gasteiger partial charge in [0.25, 0.3) is 11.7 Å². The molecule has 2 fully saturated rings. The maximum absolute atomic E-state index is 13.3. The molecule has 2 aliphatic heterocycles. The maximum Gasteiger partial charge on any atom is 0.295 e. The van der Waals surface area contributed by atoms with Crippen LogP contribution in [0.25, 0.3) is 5.76 Å². The molecule has 0 bridgehead atoms. The number of Topliss-reactive ketones (excluding diaryl/α,β-unsaturated/α-hetero) is 1. The molecule has 2 saturated heterocycles. The van der Waals surface area contributed by atoms with Gasteiger partial charge >= 0.3 is 0 Å². The number of aryl methyl sites for hydroxylation is 2. The standard InChI is InChI=1S/C26H33N3O4/c1-5-33-20-10-8-9-19(15-20)23-22(24(30)21-16(2)17(3)27-18(21)4)25(31)26(32)29(23)14-13-28-11-6-7-12-28/h8-10,15,23,27,30H,5-7,11-14H2,1-4H3/b24-22+. The van der Waals surface area contributed by atoms with Crippen molar-refractivity contribution in [1.82, 2.24) is 14.8 Å². The molecule has 7 nitrogen and oxygen atoms in total. The molecule has 2 aromatic rings. The number of carbonyl (C=O) groups excluding carboxylic acids is 2. The Labute approximate surface area is 195 Å². The molecule has 1 aromatic heterocycles. The molecule has 4 rings (SSSR count). The summed E-state index contributed by atoms with van der Waals surface area (Å²) in [6.07, 6.45) is 2.31. The fourth-order valence-corrected chi connectivity index (χ4v) is 5.05. The summed E-state index contributed by atoms with van der Waals surface area (Å²) in [5.41, 5.74) is 4.05. The van der Waals surface area contributed by atoms with E-state index in [-0.39, 0.29) is 11.3 Å². The smallest absolute Gasteiger partial charge is 0.295 e. The van der Waals surface area contributed by atoms with Gasteiger partial charge in [0.1, 0.15) is 11.5 Å². The summed E-state index contributed by atoms with van der Waals surface area (Å²) in [5.74, 6) is -0.656. The lowest BCUT2D eigenvalue weighted by Gasteiger charge is -2.27. The number of aliphatic hydroxyl groups is 1. The predicted molar refractivity (Wildman–Crippen MR) is 127 cm³/mol. The largest absolute Gasteiger partial charge is 0.507 e. The highest BCUT2D eigenvalue weighted by Crippen LogP contribution is 2.41. The lowest BCUT2D eigenvalue weighted by Crippen LogP contribution is -2.37. The molecule has 0 aliphatic carbocycles. The molecule has 176 valence electrons. The molecule has 1 atom stereocenters. The molecule has 1 aromatic carbocycles. The lowest BCUT2D eigenvalue weighted by atomic mass is 9.94. The van der Waals surface area contributed by atoms with Crippen molar-refractivity contribution >= 4 is 17.4 Å². The van der Waals surface area contributed by atoms with E-state index in [0.29, 0.717) is 31.0 Å². The summed E-state index contributed by atoms with van der Waals surface area (Å²) in [4.78, 5) is 33.6. The van der Waals surface area contributed by atoms with Crippen molar-refractivity contribution < 1.29 is 19.4 Å². The molecule has 2 N–H and O–H groups in total. The average molecular weight is 452 g/mol. The fraction of sp³-hybridized carbons (Fsp3) is 0.462. The van der Waals surface area contributed by atoms with Gasteiger partial charge in [-0.15, -0.1) is 0 Å². The van der Waals surface area contributed by atoms with E-state index >= 15 is 0 Å². The Bertz CT molecular complexity index is 1090. The predicted octanol–water partition coefficient (Wildman–Crippen LogP) is 3.86. The van der Waals surface area contributed by atoms with Crippen LogP contribution in [0.3, 0.4) is 0 Å². The minimum absolute atomic E-state index is 0.122. The molecule has 33 heavy (non-hydrogen) atoms. The minimum atomic E-state index is -0.665. The number of hydrogen-bond acceptors (Lipinski definition) is 5. The van der Waals surface area contributed by atoms with Gasteiger partial charge in [0.2, 0.25) is 0 Å². The van der Waals surface area contributed by atoms with E-state index in [1.807, 2.05) is 52.0 Å². The molecular weight excluding hydrogens is 418 g/mol. The molecule has 0 saturated carbocycles. The van der Waals surface area contributed by atoms with Crippen molar-refractivity contribution in [2.75, 3.05) is 32.8 Å². The molecular formula is C26H33N3O4. The van der Waals surface area contributed by atoms with Crippen LogP contribution in [0, 0.1) is 20.8 Å². The van der Waals surface area contributed by atoms with E-state index in [9.17, 15) is 14.7 Å². The summed E-state index contributed by atoms with van der Waals surface area (Å²) in [6, 6.07) is 6.79. The van der Waals surface area contributed by atoms with E-state index < -0.39 is 17.7 Å². The molecule has 0 spiro atoms. The Kier molecular flexibility index (Phi) is 6.61. The molecule has 2 aliphatic rings. The summed E-state index contributed by atoms with van der Waals surface area (Å²) in [7, 11) is 0. The summed E-state index contributed by atoms with van der Waals surface area (Å²) >= 11 is 0. The van der Waals surface area contributed by atoms with Gasteiger partial charge < -0.3 is 24.6 Å². The number of nitrogens with zero attached hydrogens (tertiary/aromatic N) is 2. The van der Waals surface area contributed by atoms with Crippen LogP contribution in [0.1, 0.15) is 53.9 Å². The third kappa shape index (κ3) is 4.29. The van der Waals surface area contributed by atoms with E-state index in [4.69, 9.17) is 4.74 Å². The second-order valence-corrected chi connectivity index (χ2v) is 8.92. The first-order valence-corrected chi connectivity index (χ1v) is 11.7. The Morgan fingerprint density at radius 1 is 1.12 bits per heavy atom. The van der Waals surface area contributed by atoms with E-state index in [1.54, 1.807) is 4.90 Å². The second kappa shape index (κ2) is 9.43. The number of rotatable bonds is 7. The first-order valence-electron chi connectivity index (χ1n) is 11.7. The Morgan fingerprint density at radius 3 is 2.48 bits per heavy atom. The van der Waals surface area contributed by atoms with E-state index in [2.05, 4.69) is 9.88 Å². The minimum Gasteiger partial charge on any atom is -0.507 e. The van der Waals surface area contributed by atoms with Crippen LogP contribution < -0.4 is 4.74 Å². The summed E-state index contributed by atoms with van der Waals surface area (Å²) < 4.78 is 5.68. The Balaban J connectivity index is 1.81. The zero-order valence-corrected chi connectivity index (χ0v) is 19.9. The SMILES string of the molecule is CCOc1cccc(C2/C(=C(\O)c3c(C)[nH]c(C)c3C)C(=O)C(=O)N2CCN2CCCC2)c1. The first-order chi connectivity index (χ1) is 15.8. The number of nitrogens with one attached hydrogen (secondary N) is 1. The quantitative estimate of drug-likeness (QED) is 0.379. The monoisotopic (exact) mass is 451 g/mol. The molecule has 7 heteroatoms. The van der Waals surface area contributed by atoms with Crippen molar-refractivity contribution in [2.45, 2.75) is 46.6 Å². The number of aliphatic hydroxyl groups excluding tert-OH is 1. The highest BCUT2D eigenvalue weighted by molar-refractivity contribution is 6.46. The van der Waals surface area contributed by atoms with Crippen LogP contribution in [0.4, 0.5) is 0 Å². The van der Waals surface area contributed by atoms with Crippen molar-refractivity contribution in [1.29, 1.82) is 0 Å². The highest BCUT2D eigenvalue weighted by atomic mass is 16.5. The van der Waals surface area contributed by atoms with Crippen molar-refractivity contribution in [3.63, 3.8) is 0 Å². The average Bonchev–Trinajstić information content (AvgIpc) is 3.46.